The molecule has 0 radical (unpaired) electrons. The minimum absolute atomic E-state index is 0.234. The standard InChI is InChI=1S/C23H30N4O2S/c1-23(2,3)29-22(28)27-12-16(13-27)30-21-24-20(25-26-21)11-19-17-8-4-6-14(17)10-15-7-5-9-18(15)19/h10,16H,4-9,11-13H2,1-3H3,(H,24,25,26). The van der Waals surface area contributed by atoms with Crippen LogP contribution in [0.5, 0.6) is 0 Å². The van der Waals surface area contributed by atoms with E-state index >= 15 is 0 Å². The van der Waals surface area contributed by atoms with Crippen LogP contribution in [0.2, 0.25) is 0 Å². The van der Waals surface area contributed by atoms with Gasteiger partial charge in [-0.15, -0.1) is 5.10 Å². The van der Waals surface area contributed by atoms with Crippen molar-refractivity contribution in [3.63, 3.8) is 0 Å². The molecule has 2 aliphatic carbocycles. The van der Waals surface area contributed by atoms with Crippen molar-refractivity contribution in [3.8, 4) is 0 Å². The van der Waals surface area contributed by atoms with Crippen LogP contribution >= 0.6 is 11.8 Å². The molecule has 1 amide bonds. The smallest absolute Gasteiger partial charge is 0.410 e. The average Bonchev–Trinajstić information content (AvgIpc) is 3.36. The topological polar surface area (TPSA) is 71.1 Å². The second-order valence-electron chi connectivity index (χ2n) is 9.70. The van der Waals surface area contributed by atoms with Crippen molar-refractivity contribution in [1.82, 2.24) is 20.1 Å². The maximum absolute atomic E-state index is 12.1. The van der Waals surface area contributed by atoms with Gasteiger partial charge in [-0.3, -0.25) is 5.10 Å². The number of fused-ring (bicyclic) bond motifs is 2. The zero-order valence-corrected chi connectivity index (χ0v) is 18.9. The van der Waals surface area contributed by atoms with E-state index in [1.165, 1.54) is 44.1 Å². The Balaban J connectivity index is 1.22. The molecule has 2 aromatic rings. The summed E-state index contributed by atoms with van der Waals surface area (Å²) in [5, 5.41) is 8.72. The van der Waals surface area contributed by atoms with Crippen LogP contribution in [0.1, 0.15) is 67.3 Å². The van der Waals surface area contributed by atoms with E-state index in [1.807, 2.05) is 20.8 Å². The number of hydrogen-bond donors (Lipinski definition) is 1. The Morgan fingerprint density at radius 3 is 2.47 bits per heavy atom. The molecule has 1 N–H and O–H groups in total. The highest BCUT2D eigenvalue weighted by molar-refractivity contribution is 7.99. The van der Waals surface area contributed by atoms with Crippen molar-refractivity contribution in [2.75, 3.05) is 13.1 Å². The van der Waals surface area contributed by atoms with E-state index < -0.39 is 5.60 Å². The normalized spacial score (nSPS) is 18.3. The lowest BCUT2D eigenvalue weighted by molar-refractivity contribution is 0.0143. The third-order valence-electron chi connectivity index (χ3n) is 6.23. The van der Waals surface area contributed by atoms with Crippen LogP contribution in [0.4, 0.5) is 4.79 Å². The van der Waals surface area contributed by atoms with Crippen LogP contribution < -0.4 is 0 Å². The molecule has 160 valence electrons. The van der Waals surface area contributed by atoms with Crippen molar-refractivity contribution < 1.29 is 9.53 Å². The van der Waals surface area contributed by atoms with Crippen molar-refractivity contribution >= 4 is 17.9 Å². The van der Waals surface area contributed by atoms with E-state index in [1.54, 1.807) is 38.9 Å². The number of rotatable bonds is 4. The number of likely N-dealkylation sites (tertiary alicyclic amines) is 1. The first kappa shape index (κ1) is 19.9. The molecule has 2 heterocycles. The van der Waals surface area contributed by atoms with E-state index in [2.05, 4.69) is 16.3 Å². The van der Waals surface area contributed by atoms with Gasteiger partial charge >= 0.3 is 6.09 Å². The molecule has 1 aromatic carbocycles. The molecule has 0 atom stereocenters. The van der Waals surface area contributed by atoms with Gasteiger partial charge in [-0.05, 0) is 87.1 Å². The number of thioether (sulfide) groups is 1. The fraction of sp³-hybridized carbons (Fsp3) is 0.609. The predicted octanol–water partition coefficient (Wildman–Crippen LogP) is 4.08. The van der Waals surface area contributed by atoms with Crippen molar-refractivity contribution in [2.24, 2.45) is 0 Å². The van der Waals surface area contributed by atoms with Crippen LogP contribution in [0.25, 0.3) is 0 Å². The van der Waals surface area contributed by atoms with Gasteiger partial charge in [0, 0.05) is 24.8 Å². The molecule has 0 saturated carbocycles. The van der Waals surface area contributed by atoms with Crippen LogP contribution in [0.3, 0.4) is 0 Å². The van der Waals surface area contributed by atoms with Gasteiger partial charge in [0.2, 0.25) is 5.16 Å². The molecule has 30 heavy (non-hydrogen) atoms. The highest BCUT2D eigenvalue weighted by atomic mass is 32.2. The number of hydrogen-bond acceptors (Lipinski definition) is 5. The fourth-order valence-corrected chi connectivity index (χ4v) is 5.93. The second-order valence-corrected chi connectivity index (χ2v) is 11.0. The third-order valence-corrected chi connectivity index (χ3v) is 7.25. The van der Waals surface area contributed by atoms with E-state index in [0.29, 0.717) is 18.3 Å². The molecule has 3 aliphatic rings. The van der Waals surface area contributed by atoms with Gasteiger partial charge in [0.05, 0.1) is 0 Å². The van der Waals surface area contributed by atoms with Gasteiger partial charge in [-0.1, -0.05) is 17.8 Å². The number of benzene rings is 1. The van der Waals surface area contributed by atoms with Crippen LogP contribution in [-0.2, 0) is 36.8 Å². The Kier molecular flexibility index (Phi) is 5.04. The van der Waals surface area contributed by atoms with E-state index in [0.717, 1.165) is 17.4 Å². The Hall–Kier alpha value is -2.02. The number of aryl methyl sites for hydroxylation is 2. The Morgan fingerprint density at radius 1 is 1.17 bits per heavy atom. The third kappa shape index (κ3) is 3.96. The zero-order chi connectivity index (χ0) is 20.9. The summed E-state index contributed by atoms with van der Waals surface area (Å²) in [7, 11) is 0. The molecule has 1 aliphatic heterocycles. The van der Waals surface area contributed by atoms with Crippen molar-refractivity contribution in [3.05, 3.63) is 39.7 Å². The number of carbonyl (C=O) groups is 1. The summed E-state index contributed by atoms with van der Waals surface area (Å²) in [6, 6.07) is 2.48. The molecule has 6 nitrogen and oxygen atoms in total. The number of aromatic amines is 1. The van der Waals surface area contributed by atoms with Crippen molar-refractivity contribution in [1.29, 1.82) is 0 Å². The lowest BCUT2D eigenvalue weighted by atomic mass is 9.92. The lowest BCUT2D eigenvalue weighted by Crippen LogP contribution is -2.53. The quantitative estimate of drug-likeness (QED) is 0.797. The number of aromatic nitrogens is 3. The number of H-pyrrole nitrogens is 1. The number of amides is 1. The second kappa shape index (κ2) is 7.59. The Morgan fingerprint density at radius 2 is 1.83 bits per heavy atom. The lowest BCUT2D eigenvalue weighted by Gasteiger charge is -2.38. The summed E-state index contributed by atoms with van der Waals surface area (Å²) in [6.45, 7) is 7.04. The first-order valence-electron chi connectivity index (χ1n) is 11.1. The summed E-state index contributed by atoms with van der Waals surface area (Å²) >= 11 is 1.65. The zero-order valence-electron chi connectivity index (χ0n) is 18.1. The summed E-state index contributed by atoms with van der Waals surface area (Å²) in [5.74, 6) is 0.954. The van der Waals surface area contributed by atoms with Gasteiger partial charge in [0.1, 0.15) is 11.4 Å². The van der Waals surface area contributed by atoms with E-state index in [9.17, 15) is 4.79 Å². The first-order chi connectivity index (χ1) is 14.4. The SMILES string of the molecule is CC(C)(C)OC(=O)N1CC(Sc2n[nH]c(Cc3c4c(cc5c3CCC5)CCC4)n2)C1. The maximum Gasteiger partial charge on any atom is 0.410 e. The molecule has 1 aromatic heterocycles. The molecule has 5 rings (SSSR count). The monoisotopic (exact) mass is 426 g/mol. The Labute approximate surface area is 182 Å². The summed E-state index contributed by atoms with van der Waals surface area (Å²) in [5.41, 5.74) is 7.35. The molecular weight excluding hydrogens is 396 g/mol. The number of ether oxygens (including phenoxy) is 1. The summed E-state index contributed by atoms with van der Waals surface area (Å²) < 4.78 is 5.42. The number of carbonyl (C=O) groups excluding carboxylic acids is 1. The Bertz CT molecular complexity index is 940. The van der Waals surface area contributed by atoms with Crippen LogP contribution in [0.15, 0.2) is 11.2 Å². The molecule has 0 unspecified atom stereocenters. The van der Waals surface area contributed by atoms with Gasteiger partial charge < -0.3 is 9.64 Å². The van der Waals surface area contributed by atoms with Crippen LogP contribution in [0, 0.1) is 0 Å². The fourth-order valence-electron chi connectivity index (χ4n) is 4.86. The van der Waals surface area contributed by atoms with Gasteiger partial charge in [-0.2, -0.15) is 0 Å². The molecule has 1 saturated heterocycles. The highest BCUT2D eigenvalue weighted by Crippen LogP contribution is 2.36. The predicted molar refractivity (Wildman–Crippen MR) is 117 cm³/mol. The molecule has 1 fully saturated rings. The minimum atomic E-state index is -0.453. The molecule has 0 spiro atoms. The number of nitrogens with one attached hydrogen (secondary N) is 1. The summed E-state index contributed by atoms with van der Waals surface area (Å²) in [6.07, 6.45) is 8.03. The van der Waals surface area contributed by atoms with Gasteiger partial charge in [0.25, 0.3) is 0 Å². The van der Waals surface area contributed by atoms with Crippen molar-refractivity contribution in [2.45, 2.75) is 81.7 Å². The van der Waals surface area contributed by atoms with Crippen LogP contribution in [-0.4, -0.2) is 50.1 Å². The summed E-state index contributed by atoms with van der Waals surface area (Å²) in [4.78, 5) is 18.6. The van der Waals surface area contributed by atoms with E-state index in [4.69, 9.17) is 9.72 Å². The minimum Gasteiger partial charge on any atom is -0.444 e. The van der Waals surface area contributed by atoms with Gasteiger partial charge in [0.15, 0.2) is 0 Å². The molecule has 0 bridgehead atoms. The van der Waals surface area contributed by atoms with Gasteiger partial charge in [-0.25, -0.2) is 9.78 Å². The molecular formula is C23H30N4O2S. The number of nitrogens with zero attached hydrogens (tertiary/aromatic N) is 3. The maximum atomic E-state index is 12.1. The van der Waals surface area contributed by atoms with E-state index in [-0.39, 0.29) is 6.09 Å². The average molecular weight is 427 g/mol. The largest absolute Gasteiger partial charge is 0.444 e. The first-order valence-corrected chi connectivity index (χ1v) is 11.9. The molecule has 7 heteroatoms. The highest BCUT2D eigenvalue weighted by Gasteiger charge is 2.35.